The third-order valence-electron chi connectivity index (χ3n) is 1.29. The molecule has 0 bridgehead atoms. The lowest BCUT2D eigenvalue weighted by Crippen LogP contribution is -2.20. The van der Waals surface area contributed by atoms with Crippen molar-refractivity contribution in [2.75, 3.05) is 14.2 Å². The number of amides is 1. The van der Waals surface area contributed by atoms with Crippen molar-refractivity contribution in [3.63, 3.8) is 0 Å². The van der Waals surface area contributed by atoms with E-state index in [0.717, 1.165) is 0 Å². The fourth-order valence-corrected chi connectivity index (χ4v) is 1.86. The topological polar surface area (TPSA) is 29.5 Å². The Labute approximate surface area is 68.1 Å². The average molecular weight is 172 g/mol. The number of carbonyl (C=O) groups excluding carboxylic acids is 1. The third-order valence-corrected chi connectivity index (χ3v) is 2.86. The van der Waals surface area contributed by atoms with Crippen LogP contribution in [0.4, 0.5) is 4.79 Å². The molecule has 3 nitrogen and oxygen atoms in total. The zero-order valence-corrected chi connectivity index (χ0v) is 7.30. The molecule has 60 valence electrons. The summed E-state index contributed by atoms with van der Waals surface area (Å²) in [5.74, 6) is 0. The highest BCUT2D eigenvalue weighted by atomic mass is 32.2. The molecule has 1 amide bonds. The van der Waals surface area contributed by atoms with Crippen molar-refractivity contribution in [2.24, 2.45) is 0 Å². The van der Waals surface area contributed by atoms with Crippen LogP contribution in [0, 0.1) is 0 Å². The highest BCUT2D eigenvalue weighted by Crippen LogP contribution is 2.19. The van der Waals surface area contributed by atoms with Crippen LogP contribution in [0.5, 0.6) is 0 Å². The molecule has 0 aliphatic heterocycles. The van der Waals surface area contributed by atoms with Crippen LogP contribution in [-0.4, -0.2) is 24.5 Å². The number of nitrogens with zero attached hydrogens (tertiary/aromatic N) is 1. The smallest absolute Gasteiger partial charge is 0.270 e. The summed E-state index contributed by atoms with van der Waals surface area (Å²) in [5, 5.41) is 4.94. The quantitative estimate of drug-likeness (QED) is 0.503. The summed E-state index contributed by atoms with van der Waals surface area (Å²) in [7, 11) is 2.68. The maximum absolute atomic E-state index is 11.3. The fraction of sp³-hybridized carbons (Fsp3) is 0.286. The van der Waals surface area contributed by atoms with Gasteiger partial charge in [-0.3, -0.25) is 4.84 Å². The Bertz CT molecular complexity index is 233. The van der Waals surface area contributed by atoms with E-state index in [-0.39, 0.29) is 5.24 Å². The highest BCUT2D eigenvalue weighted by Gasteiger charge is 2.20. The minimum Gasteiger partial charge on any atom is -0.270 e. The molecular formula is C7H10NO2S+. The maximum Gasteiger partial charge on any atom is 0.481 e. The Morgan fingerprint density at radius 3 is 2.45 bits per heavy atom. The standard InChI is InChI=1S/C7H10NO2S/c1-8(10-2)7(9)11-5-3-4-6-11/h3-6H,1-2H3/q+1. The molecule has 4 heteroatoms. The Balaban J connectivity index is 2.70. The van der Waals surface area contributed by atoms with Crippen LogP contribution in [0.15, 0.2) is 22.9 Å². The van der Waals surface area contributed by atoms with E-state index in [9.17, 15) is 4.79 Å². The monoisotopic (exact) mass is 172 g/mol. The van der Waals surface area contributed by atoms with Crippen molar-refractivity contribution in [1.29, 1.82) is 0 Å². The van der Waals surface area contributed by atoms with Crippen molar-refractivity contribution in [2.45, 2.75) is 0 Å². The number of thiophene rings is 1. The van der Waals surface area contributed by atoms with Crippen molar-refractivity contribution in [3.05, 3.63) is 22.9 Å². The summed E-state index contributed by atoms with van der Waals surface area (Å²) in [6, 6.07) is 3.73. The first kappa shape index (κ1) is 8.23. The van der Waals surface area contributed by atoms with Gasteiger partial charge in [0.2, 0.25) is 0 Å². The molecule has 0 aromatic carbocycles. The van der Waals surface area contributed by atoms with Crippen molar-refractivity contribution in [3.8, 4) is 0 Å². The van der Waals surface area contributed by atoms with Crippen molar-refractivity contribution < 1.29 is 9.63 Å². The van der Waals surface area contributed by atoms with Gasteiger partial charge in [-0.05, 0) is 12.1 Å². The van der Waals surface area contributed by atoms with E-state index in [2.05, 4.69) is 0 Å². The third kappa shape index (κ3) is 1.78. The zero-order chi connectivity index (χ0) is 8.27. The summed E-state index contributed by atoms with van der Waals surface area (Å²) in [6.45, 7) is 0. The molecule has 0 aliphatic rings. The van der Waals surface area contributed by atoms with Gasteiger partial charge < -0.3 is 0 Å². The predicted molar refractivity (Wildman–Crippen MR) is 44.5 cm³/mol. The average Bonchev–Trinajstić information content (AvgIpc) is 2.53. The van der Waals surface area contributed by atoms with Gasteiger partial charge >= 0.3 is 5.24 Å². The molecule has 0 atom stereocenters. The van der Waals surface area contributed by atoms with Gasteiger partial charge in [-0.25, -0.2) is 4.79 Å². The van der Waals surface area contributed by atoms with E-state index in [0.29, 0.717) is 0 Å². The molecular weight excluding hydrogens is 162 g/mol. The molecule has 0 radical (unpaired) electrons. The molecule has 1 rings (SSSR count). The second-order valence-electron chi connectivity index (χ2n) is 1.97. The van der Waals surface area contributed by atoms with Crippen LogP contribution in [0.1, 0.15) is 0 Å². The lowest BCUT2D eigenvalue weighted by atomic mass is 10.7. The molecule has 1 aromatic rings. The van der Waals surface area contributed by atoms with Gasteiger partial charge in [0.25, 0.3) is 0 Å². The Kier molecular flexibility index (Phi) is 2.62. The molecule has 0 aliphatic carbocycles. The SMILES string of the molecule is CON(C)C(=O)[s+]1cccc1. The molecule has 0 fully saturated rings. The number of hydrogen-bond acceptors (Lipinski definition) is 2. The number of carbonyl (C=O) groups is 1. The van der Waals surface area contributed by atoms with Crippen molar-refractivity contribution >= 4 is 15.7 Å². The largest absolute Gasteiger partial charge is 0.481 e. The normalized spacial score (nSPS) is 9.64. The van der Waals surface area contributed by atoms with E-state index in [1.807, 2.05) is 22.9 Å². The van der Waals surface area contributed by atoms with Gasteiger partial charge in [0.15, 0.2) is 0 Å². The van der Waals surface area contributed by atoms with Crippen LogP contribution in [0.2, 0.25) is 0 Å². The molecule has 0 saturated carbocycles. The molecule has 0 unspecified atom stereocenters. The second-order valence-corrected chi connectivity index (χ2v) is 3.61. The van der Waals surface area contributed by atoms with Gasteiger partial charge in [-0.2, -0.15) is 5.06 Å². The van der Waals surface area contributed by atoms with E-state index >= 15 is 0 Å². The molecule has 0 saturated heterocycles. The zero-order valence-electron chi connectivity index (χ0n) is 6.48. The summed E-state index contributed by atoms with van der Waals surface area (Å²) < 4.78 is 0. The van der Waals surface area contributed by atoms with Crippen molar-refractivity contribution in [1.82, 2.24) is 5.06 Å². The number of hydrogen-bond donors (Lipinski definition) is 0. The Morgan fingerprint density at radius 1 is 1.45 bits per heavy atom. The first-order chi connectivity index (χ1) is 5.25. The van der Waals surface area contributed by atoms with Gasteiger partial charge in [0.05, 0.1) is 17.6 Å². The van der Waals surface area contributed by atoms with Crippen LogP contribution < -0.4 is 0 Å². The molecule has 1 aromatic heterocycles. The van der Waals surface area contributed by atoms with Gasteiger partial charge in [-0.15, -0.1) is 0 Å². The summed E-state index contributed by atoms with van der Waals surface area (Å²) in [6.07, 6.45) is 0. The molecule has 0 spiro atoms. The molecule has 11 heavy (non-hydrogen) atoms. The minimum atomic E-state index is -0.401. The van der Waals surface area contributed by atoms with E-state index in [1.165, 1.54) is 12.2 Å². The first-order valence-corrected chi connectivity index (χ1v) is 4.49. The van der Waals surface area contributed by atoms with Gasteiger partial charge in [0.1, 0.15) is 10.8 Å². The van der Waals surface area contributed by atoms with E-state index < -0.39 is 10.5 Å². The lowest BCUT2D eigenvalue weighted by Gasteiger charge is -2.05. The van der Waals surface area contributed by atoms with Crippen LogP contribution in [-0.2, 0) is 4.84 Å². The van der Waals surface area contributed by atoms with Gasteiger partial charge in [0, 0.05) is 7.05 Å². The van der Waals surface area contributed by atoms with E-state index in [4.69, 9.17) is 4.84 Å². The summed E-state index contributed by atoms with van der Waals surface area (Å²) in [5.41, 5.74) is 0. The maximum atomic E-state index is 11.3. The second kappa shape index (κ2) is 3.50. The number of rotatable bonds is 2. The molecule has 1 heterocycles. The van der Waals surface area contributed by atoms with Gasteiger partial charge in [-0.1, -0.05) is 0 Å². The highest BCUT2D eigenvalue weighted by molar-refractivity contribution is 7.48. The fourth-order valence-electron chi connectivity index (χ4n) is 0.645. The lowest BCUT2D eigenvalue weighted by molar-refractivity contribution is -0.0552. The van der Waals surface area contributed by atoms with Crippen LogP contribution in [0.3, 0.4) is 0 Å². The Morgan fingerprint density at radius 2 is 2.00 bits per heavy atom. The Hall–Kier alpha value is -0.870. The molecule has 0 N–H and O–H groups in total. The van der Waals surface area contributed by atoms with E-state index in [1.54, 1.807) is 7.05 Å². The predicted octanol–water partition coefficient (Wildman–Crippen LogP) is 1.90. The summed E-state index contributed by atoms with van der Waals surface area (Å²) in [4.78, 5) is 16.0. The van der Waals surface area contributed by atoms with Crippen LogP contribution >= 0.6 is 10.5 Å². The van der Waals surface area contributed by atoms with Crippen LogP contribution in [0.25, 0.3) is 0 Å². The minimum absolute atomic E-state index is 0.0162. The summed E-state index contributed by atoms with van der Waals surface area (Å²) >= 11 is 0. The first-order valence-electron chi connectivity index (χ1n) is 3.14. The number of hydroxylamine groups is 2.